The molecule has 1 spiro atoms. The maximum atomic E-state index is 12.9. The van der Waals surface area contributed by atoms with Crippen molar-refractivity contribution in [1.82, 2.24) is 0 Å². The fourth-order valence-corrected chi connectivity index (χ4v) is 7.20. The van der Waals surface area contributed by atoms with Gasteiger partial charge in [0.1, 0.15) is 12.2 Å². The Morgan fingerprint density at radius 3 is 2.41 bits per heavy atom. The molecule has 0 aromatic rings. The maximum Gasteiger partial charge on any atom is 0.312 e. The lowest BCUT2D eigenvalue weighted by molar-refractivity contribution is -0.355. The number of carbonyl (C=O) groups is 3. The van der Waals surface area contributed by atoms with E-state index in [0.717, 1.165) is 0 Å². The summed E-state index contributed by atoms with van der Waals surface area (Å²) >= 11 is 6.75. The van der Waals surface area contributed by atoms with Gasteiger partial charge in [-0.1, -0.05) is 19.1 Å². The zero-order valence-corrected chi connectivity index (χ0v) is 20.8. The minimum Gasteiger partial charge on any atom is -0.462 e. The summed E-state index contributed by atoms with van der Waals surface area (Å²) in [6.45, 7) is 11.5. The third kappa shape index (κ3) is 3.34. The van der Waals surface area contributed by atoms with Gasteiger partial charge < -0.3 is 29.2 Å². The Kier molecular flexibility index (Phi) is 6.12. The predicted molar refractivity (Wildman–Crippen MR) is 119 cm³/mol. The summed E-state index contributed by atoms with van der Waals surface area (Å²) in [5.41, 5.74) is -3.78. The van der Waals surface area contributed by atoms with Crippen LogP contribution in [0.5, 0.6) is 0 Å². The number of esters is 3. The third-order valence-corrected chi connectivity index (χ3v) is 9.13. The number of hydrogen-bond donors (Lipinski definition) is 2. The van der Waals surface area contributed by atoms with E-state index in [4.69, 9.17) is 30.5 Å². The van der Waals surface area contributed by atoms with Crippen LogP contribution in [-0.4, -0.2) is 75.2 Å². The van der Waals surface area contributed by atoms with E-state index in [9.17, 15) is 24.6 Å². The first-order chi connectivity index (χ1) is 15.7. The van der Waals surface area contributed by atoms with Gasteiger partial charge in [-0.3, -0.25) is 14.4 Å². The highest BCUT2D eigenvalue weighted by molar-refractivity contribution is 6.23. The zero-order chi connectivity index (χ0) is 25.4. The minimum atomic E-state index is -1.78. The number of carbonyl (C=O) groups excluding carboxylic acids is 3. The molecule has 34 heavy (non-hydrogen) atoms. The van der Waals surface area contributed by atoms with E-state index >= 15 is 0 Å². The van der Waals surface area contributed by atoms with E-state index in [1.165, 1.54) is 20.8 Å². The normalized spacial score (nSPS) is 50.2. The van der Waals surface area contributed by atoms with Crippen LogP contribution in [0.1, 0.15) is 53.9 Å². The van der Waals surface area contributed by atoms with Gasteiger partial charge in [-0.15, -0.1) is 11.6 Å². The van der Waals surface area contributed by atoms with Crippen LogP contribution in [0.25, 0.3) is 0 Å². The number of aliphatic hydroxyl groups is 2. The molecule has 190 valence electrons. The van der Waals surface area contributed by atoms with Gasteiger partial charge >= 0.3 is 17.9 Å². The third-order valence-electron chi connectivity index (χ3n) is 8.60. The van der Waals surface area contributed by atoms with Crippen molar-refractivity contribution in [1.29, 1.82) is 0 Å². The van der Waals surface area contributed by atoms with E-state index < -0.39 is 82.3 Å². The Morgan fingerprint density at radius 2 is 1.82 bits per heavy atom. The Balaban J connectivity index is 2.00. The molecule has 4 rings (SSSR count). The number of hydrogen-bond acceptors (Lipinski definition) is 9. The Morgan fingerprint density at radius 1 is 1.21 bits per heavy atom. The predicted octanol–water partition coefficient (Wildman–Crippen LogP) is 1.64. The van der Waals surface area contributed by atoms with Crippen LogP contribution in [-0.2, 0) is 33.3 Å². The molecule has 9 nitrogen and oxygen atoms in total. The number of fused-ring (bicyclic) bond motifs is 3. The SMILES string of the molecule is C=C1CC[C@@H]2O[C@@]3([C@H](OC(C)=O)[C@H]4[C@](C)(O)[C@H](O)C[C@H](OC(C)=O)[C@]24C)[C@@H](C)C(=O)O[C@H]3[C@H]1Cl. The molecule has 10 heteroatoms. The van der Waals surface area contributed by atoms with Crippen LogP contribution in [0.4, 0.5) is 0 Å². The molecule has 2 N–H and O–H groups in total. The van der Waals surface area contributed by atoms with E-state index in [1.54, 1.807) is 13.8 Å². The summed E-state index contributed by atoms with van der Waals surface area (Å²) in [6.07, 6.45) is -4.29. The quantitative estimate of drug-likeness (QED) is 0.251. The second kappa shape index (κ2) is 8.18. The summed E-state index contributed by atoms with van der Waals surface area (Å²) in [5, 5.41) is 21.9. The molecule has 1 aliphatic carbocycles. The highest BCUT2D eigenvalue weighted by Crippen LogP contribution is 2.63. The molecule has 0 amide bonds. The standard InChI is InChI=1S/C24H33ClO9/c1-10-7-8-15-22(5)16(31-12(3)26)9-14(28)23(6,30)18(22)20(32-13(4)27)24(34-15)11(2)21(29)33-19(24)17(10)25/h11,14-20,28,30H,1,7-9H2,2-6H3/t11-,14+,15-,16-,17-,18+,19-,20+,22-,23+,24-/m0/s1. The summed E-state index contributed by atoms with van der Waals surface area (Å²) in [4.78, 5) is 37.3. The number of aliphatic hydroxyl groups excluding tert-OH is 1. The molecular formula is C24H33ClO9. The highest BCUT2D eigenvalue weighted by Gasteiger charge is 2.78. The van der Waals surface area contributed by atoms with Gasteiger partial charge in [0.15, 0.2) is 11.7 Å². The lowest BCUT2D eigenvalue weighted by Gasteiger charge is -2.66. The van der Waals surface area contributed by atoms with E-state index in [-0.39, 0.29) is 6.42 Å². The van der Waals surface area contributed by atoms with Crippen LogP contribution < -0.4 is 0 Å². The molecule has 3 heterocycles. The molecule has 0 radical (unpaired) electrons. The van der Waals surface area contributed by atoms with Crippen molar-refractivity contribution in [2.45, 2.75) is 101 Å². The first-order valence-corrected chi connectivity index (χ1v) is 12.1. The Hall–Kier alpha value is -1.68. The summed E-state index contributed by atoms with van der Waals surface area (Å²) in [5.74, 6) is -3.67. The summed E-state index contributed by atoms with van der Waals surface area (Å²) < 4.78 is 24.0. The molecule has 3 saturated heterocycles. The highest BCUT2D eigenvalue weighted by atomic mass is 35.5. The van der Waals surface area contributed by atoms with Gasteiger partial charge in [-0.25, -0.2) is 0 Å². The number of alkyl halides is 1. The second-order valence-electron chi connectivity index (χ2n) is 10.6. The zero-order valence-electron chi connectivity index (χ0n) is 20.1. The van der Waals surface area contributed by atoms with Gasteiger partial charge in [0.2, 0.25) is 0 Å². The van der Waals surface area contributed by atoms with Crippen molar-refractivity contribution >= 4 is 29.5 Å². The maximum absolute atomic E-state index is 12.9. The van der Waals surface area contributed by atoms with Gasteiger partial charge in [0.05, 0.1) is 29.1 Å². The van der Waals surface area contributed by atoms with Crippen LogP contribution in [0.15, 0.2) is 12.2 Å². The number of rotatable bonds is 2. The van der Waals surface area contributed by atoms with E-state index in [2.05, 4.69) is 6.58 Å². The Bertz CT molecular complexity index is 918. The van der Waals surface area contributed by atoms with E-state index in [0.29, 0.717) is 18.4 Å². The molecule has 3 aliphatic heterocycles. The van der Waals surface area contributed by atoms with Crippen LogP contribution in [0, 0.1) is 17.3 Å². The second-order valence-corrected chi connectivity index (χ2v) is 11.1. The molecule has 4 aliphatic rings. The monoisotopic (exact) mass is 500 g/mol. The smallest absolute Gasteiger partial charge is 0.312 e. The molecule has 0 aromatic carbocycles. The van der Waals surface area contributed by atoms with Crippen molar-refractivity contribution in [3.63, 3.8) is 0 Å². The van der Waals surface area contributed by atoms with Gasteiger partial charge in [-0.2, -0.15) is 0 Å². The number of halogens is 1. The summed E-state index contributed by atoms with van der Waals surface area (Å²) in [7, 11) is 0. The average Bonchev–Trinajstić information content (AvgIpc) is 2.96. The largest absolute Gasteiger partial charge is 0.462 e. The van der Waals surface area contributed by atoms with Crippen molar-refractivity contribution in [2.75, 3.05) is 0 Å². The Labute approximate surface area is 203 Å². The van der Waals surface area contributed by atoms with Crippen molar-refractivity contribution in [3.05, 3.63) is 12.2 Å². The molecule has 1 saturated carbocycles. The van der Waals surface area contributed by atoms with Crippen molar-refractivity contribution in [2.24, 2.45) is 17.3 Å². The average molecular weight is 501 g/mol. The van der Waals surface area contributed by atoms with Gasteiger partial charge in [0, 0.05) is 31.6 Å². The van der Waals surface area contributed by atoms with Crippen LogP contribution in [0.2, 0.25) is 0 Å². The molecule has 2 bridgehead atoms. The minimum absolute atomic E-state index is 0.0350. The summed E-state index contributed by atoms with van der Waals surface area (Å²) in [6, 6.07) is 0. The lowest BCUT2D eigenvalue weighted by Crippen LogP contribution is -2.79. The lowest BCUT2D eigenvalue weighted by atomic mass is 9.49. The molecule has 4 fully saturated rings. The van der Waals surface area contributed by atoms with Gasteiger partial charge in [-0.05, 0) is 26.7 Å². The molecular weight excluding hydrogens is 468 g/mol. The first kappa shape index (κ1) is 25.4. The van der Waals surface area contributed by atoms with Crippen LogP contribution in [0.3, 0.4) is 0 Å². The van der Waals surface area contributed by atoms with Gasteiger partial charge in [0.25, 0.3) is 0 Å². The molecule has 11 atom stereocenters. The fraction of sp³-hybridized carbons (Fsp3) is 0.792. The topological polar surface area (TPSA) is 129 Å². The van der Waals surface area contributed by atoms with Crippen LogP contribution >= 0.6 is 11.6 Å². The fourth-order valence-electron chi connectivity index (χ4n) is 6.84. The number of ether oxygens (including phenoxy) is 4. The van der Waals surface area contributed by atoms with E-state index in [1.807, 2.05) is 0 Å². The molecule has 0 aromatic heterocycles. The molecule has 0 unspecified atom stereocenters. The van der Waals surface area contributed by atoms with Crippen molar-refractivity contribution in [3.8, 4) is 0 Å². The van der Waals surface area contributed by atoms with Crippen molar-refractivity contribution < 1.29 is 43.5 Å². The first-order valence-electron chi connectivity index (χ1n) is 11.6.